The van der Waals surface area contributed by atoms with E-state index in [1.54, 1.807) is 54.9 Å². The molecule has 4 rings (SSSR count). The van der Waals surface area contributed by atoms with Crippen LogP contribution in [0.15, 0.2) is 12.1 Å². The molecule has 0 bridgehead atoms. The normalized spacial score (nSPS) is 13.2. The van der Waals surface area contributed by atoms with Crippen LogP contribution in [-0.2, 0) is 19.9 Å². The van der Waals surface area contributed by atoms with Crippen LogP contribution in [0.4, 0.5) is 11.4 Å². The number of nitrogens with zero attached hydrogens (tertiary/aromatic N) is 3. The van der Waals surface area contributed by atoms with E-state index in [4.69, 9.17) is 0 Å². The Hall–Kier alpha value is -1.30. The van der Waals surface area contributed by atoms with Gasteiger partial charge < -0.3 is 14.4 Å². The quantitative estimate of drug-likeness (QED) is 0.0459. The van der Waals surface area contributed by atoms with Crippen LogP contribution in [0.1, 0.15) is 206 Å². The number of hydrogen-bond acceptors (Lipinski definition) is 2. The van der Waals surface area contributed by atoms with Gasteiger partial charge in [0, 0.05) is 54.6 Å². The zero-order valence-electron chi connectivity index (χ0n) is 40.0. The minimum absolute atomic E-state index is 0.255. The first kappa shape index (κ1) is 49.4. The van der Waals surface area contributed by atoms with E-state index in [0.717, 1.165) is 0 Å². The Labute approximate surface area is 363 Å². The first-order valence-corrected chi connectivity index (χ1v) is 29.8. The lowest BCUT2D eigenvalue weighted by Crippen LogP contribution is -2.33. The van der Waals surface area contributed by atoms with Gasteiger partial charge in [0.1, 0.15) is 0 Å². The second-order valence-electron chi connectivity index (χ2n) is 18.8. The van der Waals surface area contributed by atoms with Crippen LogP contribution in [0.3, 0.4) is 0 Å². The van der Waals surface area contributed by atoms with E-state index in [1.165, 1.54) is 206 Å². The van der Waals surface area contributed by atoms with Gasteiger partial charge in [-0.15, -0.1) is 0 Å². The fourth-order valence-electron chi connectivity index (χ4n) is 10.3. The summed E-state index contributed by atoms with van der Waals surface area (Å²) < 4.78 is 2.79. The molecule has 0 saturated heterocycles. The number of benzene rings is 2. The van der Waals surface area contributed by atoms with Crippen molar-refractivity contribution in [3.63, 3.8) is 0 Å². The van der Waals surface area contributed by atoms with Gasteiger partial charge in [0.25, 0.3) is 0 Å². The van der Waals surface area contributed by atoms with Crippen LogP contribution in [-0.4, -0.2) is 57.4 Å². The third-order valence-corrected chi connectivity index (χ3v) is 16.2. The summed E-state index contributed by atoms with van der Waals surface area (Å²) in [5, 5.41) is 6.60. The maximum Gasteiger partial charge on any atom is 0.0736 e. The number of aromatic nitrogens is 1. The Morgan fingerprint density at radius 2 is 0.862 bits per heavy atom. The highest BCUT2D eigenvalue weighted by Gasteiger charge is 2.31. The maximum atomic E-state index is 2.98. The van der Waals surface area contributed by atoms with E-state index in [-0.39, 0.29) is 15.8 Å². The van der Waals surface area contributed by atoms with Crippen molar-refractivity contribution in [2.75, 3.05) is 62.6 Å². The molecule has 0 amide bonds. The molecular formula is C53H93N3P2. The van der Waals surface area contributed by atoms with Gasteiger partial charge in [-0.2, -0.15) is 0 Å². The molecule has 1 aliphatic carbocycles. The van der Waals surface area contributed by atoms with Gasteiger partial charge in [-0.1, -0.05) is 184 Å². The van der Waals surface area contributed by atoms with Gasteiger partial charge in [0.15, 0.2) is 0 Å². The van der Waals surface area contributed by atoms with Crippen molar-refractivity contribution in [1.82, 2.24) is 4.57 Å². The maximum absolute atomic E-state index is 2.98. The fraction of sp³-hybridized carbons (Fsp3) is 0.774. The Morgan fingerprint density at radius 3 is 1.28 bits per heavy atom. The number of fused-ring (bicyclic) bond motifs is 5. The van der Waals surface area contributed by atoms with E-state index in [1.807, 2.05) is 0 Å². The molecule has 0 saturated carbocycles. The lowest BCUT2D eigenvalue weighted by Gasteiger charge is -2.34. The Morgan fingerprint density at radius 1 is 0.466 bits per heavy atom. The van der Waals surface area contributed by atoms with Crippen molar-refractivity contribution in [3.8, 4) is 0 Å². The molecule has 1 aromatic heterocycles. The first-order chi connectivity index (χ1) is 28.3. The molecule has 0 radical (unpaired) electrons. The summed E-state index contributed by atoms with van der Waals surface area (Å²) in [5.74, 6) is 0. The molecule has 0 N–H and O–H groups in total. The molecular weight excluding hydrogens is 741 g/mol. The van der Waals surface area contributed by atoms with Gasteiger partial charge in [-0.25, -0.2) is 0 Å². The number of hydrogen-bond donors (Lipinski definition) is 0. The van der Waals surface area contributed by atoms with Gasteiger partial charge >= 0.3 is 0 Å². The lowest BCUT2D eigenvalue weighted by atomic mass is 9.87. The van der Waals surface area contributed by atoms with Crippen LogP contribution in [0.25, 0.3) is 21.8 Å². The predicted molar refractivity (Wildman–Crippen MR) is 272 cm³/mol. The minimum atomic E-state index is -0.260. The summed E-state index contributed by atoms with van der Waals surface area (Å²) in [6.45, 7) is 24.4. The van der Waals surface area contributed by atoms with E-state index >= 15 is 0 Å². The molecule has 0 spiro atoms. The largest absolute Gasteiger partial charge is 0.369 e. The topological polar surface area (TPSA) is 11.4 Å². The summed E-state index contributed by atoms with van der Waals surface area (Å²) in [5.41, 5.74) is 9.92. The summed E-state index contributed by atoms with van der Waals surface area (Å²) in [6, 6.07) is 5.22. The highest BCUT2D eigenvalue weighted by atomic mass is 31.1. The van der Waals surface area contributed by atoms with Crippen LogP contribution in [0, 0.1) is 0 Å². The molecule has 1 heterocycles. The molecule has 330 valence electrons. The van der Waals surface area contributed by atoms with Crippen molar-refractivity contribution in [1.29, 1.82) is 0 Å². The number of rotatable bonds is 32. The molecule has 3 nitrogen and oxygen atoms in total. The monoisotopic (exact) mass is 834 g/mol. The van der Waals surface area contributed by atoms with Crippen molar-refractivity contribution in [3.05, 3.63) is 23.3 Å². The van der Waals surface area contributed by atoms with Gasteiger partial charge in [-0.3, -0.25) is 0 Å². The van der Waals surface area contributed by atoms with Crippen LogP contribution >= 0.6 is 15.8 Å². The molecule has 0 unspecified atom stereocenters. The van der Waals surface area contributed by atoms with Gasteiger partial charge in [-0.05, 0) is 89.2 Å². The van der Waals surface area contributed by atoms with Crippen LogP contribution in [0.2, 0.25) is 0 Å². The fourth-order valence-corrected chi connectivity index (χ4v) is 12.8. The minimum Gasteiger partial charge on any atom is -0.369 e. The lowest BCUT2D eigenvalue weighted by molar-refractivity contribution is 0.575. The van der Waals surface area contributed by atoms with Gasteiger partial charge in [0.05, 0.1) is 22.4 Å². The highest BCUT2D eigenvalue weighted by molar-refractivity contribution is 7.64. The molecule has 5 heteroatoms. The smallest absolute Gasteiger partial charge is 0.0736 e. The Kier molecular flexibility index (Phi) is 23.5. The van der Waals surface area contributed by atoms with Gasteiger partial charge in [0.2, 0.25) is 0 Å². The van der Waals surface area contributed by atoms with Crippen LogP contribution < -0.4 is 20.4 Å². The standard InChI is InChI=1S/C53H93N3P2/c1-10-14-18-22-26-32-40-55(41-33-27-23-19-15-11-2)50-47(57(6)7)39-38-46-48-44-36-30-31-37-45(44)53(58(8)9)52(51(48)54(5)49(46)50)56(42-34-28-24-20-16-12-3)43-35-29-25-21-17-13-4/h38-39H,10-37,40-43H2,1-9H3. The zero-order valence-corrected chi connectivity index (χ0v) is 41.8. The number of aryl methyl sites for hydroxylation is 2. The van der Waals surface area contributed by atoms with Crippen molar-refractivity contribution in [2.24, 2.45) is 7.05 Å². The van der Waals surface area contributed by atoms with E-state index < -0.39 is 0 Å². The Bertz CT molecular complexity index is 1560. The molecule has 0 atom stereocenters. The average molecular weight is 834 g/mol. The van der Waals surface area contributed by atoms with Crippen molar-refractivity contribution >= 4 is 59.6 Å². The van der Waals surface area contributed by atoms with Crippen molar-refractivity contribution in [2.45, 2.75) is 207 Å². The molecule has 1 aliphatic rings. The third kappa shape index (κ3) is 13.9. The summed E-state index contributed by atoms with van der Waals surface area (Å²) >= 11 is 0. The molecule has 0 fully saturated rings. The first-order valence-electron chi connectivity index (χ1n) is 25.3. The average Bonchev–Trinajstić information content (AvgIpc) is 3.52. The van der Waals surface area contributed by atoms with Crippen LogP contribution in [0.5, 0.6) is 0 Å². The van der Waals surface area contributed by atoms with E-state index in [2.05, 4.69) is 87.9 Å². The second kappa shape index (κ2) is 27.6. The predicted octanol–water partition coefficient (Wildman–Crippen LogP) is 16.0. The summed E-state index contributed by atoms with van der Waals surface area (Å²) in [7, 11) is 1.99. The molecule has 58 heavy (non-hydrogen) atoms. The van der Waals surface area contributed by atoms with E-state index in [9.17, 15) is 0 Å². The SMILES string of the molecule is CCCCCCCCN(CCCCCCCC)c1c(P(C)C)ccc2c3c4c(c(P(C)C)c(N(CCCCCCCC)CCCCCCCC)c3n(C)c12)CCCC4. The second-order valence-corrected chi connectivity index (χ2v) is 23.3. The molecule has 2 aromatic carbocycles. The zero-order chi connectivity index (χ0) is 41.7. The van der Waals surface area contributed by atoms with E-state index in [0.29, 0.717) is 0 Å². The van der Waals surface area contributed by atoms with Crippen molar-refractivity contribution < 1.29 is 0 Å². The number of anilines is 2. The summed E-state index contributed by atoms with van der Waals surface area (Å²) in [4.78, 5) is 5.91. The molecule has 0 aliphatic heterocycles. The Balaban J connectivity index is 1.93. The third-order valence-electron chi connectivity index (χ3n) is 13.5. The number of unbranched alkanes of at least 4 members (excludes halogenated alkanes) is 20. The highest BCUT2D eigenvalue weighted by Crippen LogP contribution is 2.48. The summed E-state index contributed by atoms with van der Waals surface area (Å²) in [6.07, 6.45) is 38.0. The molecule has 3 aromatic rings.